The summed E-state index contributed by atoms with van der Waals surface area (Å²) in [4.78, 5) is 0. The lowest BCUT2D eigenvalue weighted by atomic mass is 9.58. The van der Waals surface area contributed by atoms with Gasteiger partial charge in [0.25, 0.3) is 0 Å². The number of nitrogens with zero attached hydrogens (tertiary/aromatic N) is 1. The smallest absolute Gasteiger partial charge is 0.0689 e. The molecular weight excluding hydrogens is 410 g/mol. The van der Waals surface area contributed by atoms with Crippen molar-refractivity contribution >= 4 is 5.57 Å². The average Bonchev–Trinajstić information content (AvgIpc) is 2.89. The standard InChI is InChI=1S/C33H49N/c1-3-5-7-9-14-22-32(28-34)24-20-31(21-25-32)33(23-15-10-8-6-4-2)26-18-30(19-27-33)29-16-12-11-13-17-29/h11-13,16-19,26,31H,3-10,14-15,20-25,27H2,1-2H3. The van der Waals surface area contributed by atoms with Crippen LogP contribution in [0.15, 0.2) is 48.6 Å². The molecule has 1 heteroatoms. The van der Waals surface area contributed by atoms with Crippen molar-refractivity contribution in [2.45, 2.75) is 123 Å². The van der Waals surface area contributed by atoms with E-state index in [1.807, 2.05) is 0 Å². The molecule has 0 aliphatic heterocycles. The molecule has 1 saturated carbocycles. The van der Waals surface area contributed by atoms with Crippen molar-refractivity contribution in [1.29, 1.82) is 5.26 Å². The number of hydrogen-bond donors (Lipinski definition) is 0. The topological polar surface area (TPSA) is 23.8 Å². The molecule has 2 aliphatic rings. The van der Waals surface area contributed by atoms with Gasteiger partial charge in [-0.2, -0.15) is 5.26 Å². The lowest BCUT2D eigenvalue weighted by Crippen LogP contribution is -2.36. The van der Waals surface area contributed by atoms with Crippen molar-refractivity contribution in [2.24, 2.45) is 16.7 Å². The summed E-state index contributed by atoms with van der Waals surface area (Å²) in [6.07, 6.45) is 29.1. The Balaban J connectivity index is 1.63. The fraction of sp³-hybridized carbons (Fsp3) is 0.667. The van der Waals surface area contributed by atoms with Gasteiger partial charge in [0.1, 0.15) is 0 Å². The minimum Gasteiger partial charge on any atom is -0.198 e. The minimum atomic E-state index is -0.0472. The Morgan fingerprint density at radius 3 is 2.00 bits per heavy atom. The number of hydrogen-bond acceptors (Lipinski definition) is 1. The highest BCUT2D eigenvalue weighted by atomic mass is 14.5. The van der Waals surface area contributed by atoms with Crippen molar-refractivity contribution < 1.29 is 0 Å². The summed E-state index contributed by atoms with van der Waals surface area (Å²) in [7, 11) is 0. The summed E-state index contributed by atoms with van der Waals surface area (Å²) in [6, 6.07) is 13.7. The quantitative estimate of drug-likeness (QED) is 0.254. The van der Waals surface area contributed by atoms with E-state index < -0.39 is 0 Å². The molecule has 1 aromatic carbocycles. The van der Waals surface area contributed by atoms with Crippen molar-refractivity contribution in [3.05, 3.63) is 54.1 Å². The number of benzene rings is 1. The number of nitriles is 1. The van der Waals surface area contributed by atoms with E-state index in [4.69, 9.17) is 0 Å². The fourth-order valence-corrected chi connectivity index (χ4v) is 6.52. The first kappa shape index (κ1) is 26.8. The Morgan fingerprint density at radius 2 is 1.44 bits per heavy atom. The maximum Gasteiger partial charge on any atom is 0.0689 e. The molecule has 0 heterocycles. The van der Waals surface area contributed by atoms with Crippen molar-refractivity contribution in [2.75, 3.05) is 0 Å². The molecular formula is C33H49N. The van der Waals surface area contributed by atoms with Crippen LogP contribution in [0.4, 0.5) is 0 Å². The third-order valence-electron chi connectivity index (χ3n) is 8.90. The van der Waals surface area contributed by atoms with Crippen molar-refractivity contribution in [3.8, 4) is 6.07 Å². The SMILES string of the molecule is CCCCCCCC1(C#N)CCC(C2(CCCCCCC)C=CC(c3ccccc3)=CC2)CC1. The molecule has 0 N–H and O–H groups in total. The minimum absolute atomic E-state index is 0.0472. The second-order valence-corrected chi connectivity index (χ2v) is 11.3. The predicted molar refractivity (Wildman–Crippen MR) is 147 cm³/mol. The Morgan fingerprint density at radius 1 is 0.824 bits per heavy atom. The van der Waals surface area contributed by atoms with Crippen LogP contribution in [-0.2, 0) is 0 Å². The highest BCUT2D eigenvalue weighted by Crippen LogP contribution is 2.53. The average molecular weight is 460 g/mol. The zero-order chi connectivity index (χ0) is 24.1. The van der Waals surface area contributed by atoms with Crippen molar-refractivity contribution in [1.82, 2.24) is 0 Å². The van der Waals surface area contributed by atoms with Gasteiger partial charge in [-0.25, -0.2) is 0 Å². The normalized spacial score (nSPS) is 26.7. The third kappa shape index (κ3) is 7.34. The lowest BCUT2D eigenvalue weighted by Gasteiger charge is -2.46. The lowest BCUT2D eigenvalue weighted by molar-refractivity contribution is 0.100. The largest absolute Gasteiger partial charge is 0.198 e. The van der Waals surface area contributed by atoms with E-state index in [1.54, 1.807) is 0 Å². The fourth-order valence-electron chi connectivity index (χ4n) is 6.52. The van der Waals surface area contributed by atoms with E-state index in [1.165, 1.54) is 101 Å². The van der Waals surface area contributed by atoms with Gasteiger partial charge in [-0.1, -0.05) is 127 Å². The van der Waals surface area contributed by atoms with Crippen LogP contribution in [0.3, 0.4) is 0 Å². The molecule has 0 radical (unpaired) electrons. The molecule has 1 fully saturated rings. The molecule has 34 heavy (non-hydrogen) atoms. The maximum atomic E-state index is 10.1. The molecule has 3 rings (SSSR count). The third-order valence-corrected chi connectivity index (χ3v) is 8.90. The first-order valence-corrected chi connectivity index (χ1v) is 14.5. The molecule has 1 atom stereocenters. The van der Waals surface area contributed by atoms with Gasteiger partial charge >= 0.3 is 0 Å². The van der Waals surface area contributed by atoms with Crippen LogP contribution in [0.5, 0.6) is 0 Å². The van der Waals surface area contributed by atoms with Crippen LogP contribution in [0.1, 0.15) is 129 Å². The number of allylic oxidation sites excluding steroid dienone is 4. The Hall–Kier alpha value is -1.81. The van der Waals surface area contributed by atoms with Crippen LogP contribution in [0, 0.1) is 28.1 Å². The summed E-state index contributed by atoms with van der Waals surface area (Å²) in [5.74, 6) is 0.727. The molecule has 1 unspecified atom stereocenters. The summed E-state index contributed by atoms with van der Waals surface area (Å²) < 4.78 is 0. The Kier molecular flexibility index (Phi) is 11.0. The number of rotatable bonds is 14. The highest BCUT2D eigenvalue weighted by molar-refractivity contribution is 5.75. The van der Waals surface area contributed by atoms with Gasteiger partial charge in [0.15, 0.2) is 0 Å². The molecule has 0 saturated heterocycles. The zero-order valence-corrected chi connectivity index (χ0v) is 22.2. The molecule has 0 amide bonds. The van der Waals surface area contributed by atoms with Crippen LogP contribution in [0.2, 0.25) is 0 Å². The van der Waals surface area contributed by atoms with Crippen LogP contribution >= 0.6 is 0 Å². The molecule has 1 nitrogen and oxygen atoms in total. The summed E-state index contributed by atoms with van der Waals surface area (Å²) >= 11 is 0. The second-order valence-electron chi connectivity index (χ2n) is 11.3. The van der Waals surface area contributed by atoms with E-state index in [-0.39, 0.29) is 5.41 Å². The molecule has 2 aliphatic carbocycles. The van der Waals surface area contributed by atoms with Crippen LogP contribution < -0.4 is 0 Å². The van der Waals surface area contributed by atoms with E-state index >= 15 is 0 Å². The highest BCUT2D eigenvalue weighted by Gasteiger charge is 2.43. The van der Waals surface area contributed by atoms with Gasteiger partial charge in [0, 0.05) is 0 Å². The van der Waals surface area contributed by atoms with Gasteiger partial charge in [-0.15, -0.1) is 0 Å². The molecule has 1 aromatic rings. The van der Waals surface area contributed by atoms with Gasteiger partial charge < -0.3 is 0 Å². The van der Waals surface area contributed by atoms with Gasteiger partial charge in [0.2, 0.25) is 0 Å². The van der Waals surface area contributed by atoms with Gasteiger partial charge in [-0.3, -0.25) is 0 Å². The van der Waals surface area contributed by atoms with E-state index in [9.17, 15) is 5.26 Å². The molecule has 186 valence electrons. The zero-order valence-electron chi connectivity index (χ0n) is 22.2. The van der Waals surface area contributed by atoms with Crippen LogP contribution in [-0.4, -0.2) is 0 Å². The van der Waals surface area contributed by atoms with Crippen molar-refractivity contribution in [3.63, 3.8) is 0 Å². The first-order valence-electron chi connectivity index (χ1n) is 14.5. The summed E-state index contributed by atoms with van der Waals surface area (Å²) in [5, 5.41) is 10.1. The van der Waals surface area contributed by atoms with Crippen LogP contribution in [0.25, 0.3) is 5.57 Å². The summed E-state index contributed by atoms with van der Waals surface area (Å²) in [5.41, 5.74) is 2.98. The Bertz CT molecular complexity index is 803. The van der Waals surface area contributed by atoms with E-state index in [0.29, 0.717) is 5.41 Å². The second kappa shape index (κ2) is 13.9. The number of unbranched alkanes of at least 4 members (excludes halogenated alkanes) is 8. The maximum absolute atomic E-state index is 10.1. The molecule has 0 spiro atoms. The molecule has 0 aromatic heterocycles. The van der Waals surface area contributed by atoms with E-state index in [0.717, 1.165) is 25.2 Å². The van der Waals surface area contributed by atoms with E-state index in [2.05, 4.69) is 68.5 Å². The first-order chi connectivity index (χ1) is 16.7. The summed E-state index contributed by atoms with van der Waals surface area (Å²) in [6.45, 7) is 4.57. The monoisotopic (exact) mass is 459 g/mol. The van der Waals surface area contributed by atoms with Gasteiger partial charge in [-0.05, 0) is 67.4 Å². The predicted octanol–water partition coefficient (Wildman–Crippen LogP) is 10.4. The van der Waals surface area contributed by atoms with Gasteiger partial charge in [0.05, 0.1) is 11.5 Å². The Labute approximate surface area is 210 Å². The molecule has 0 bridgehead atoms.